The summed E-state index contributed by atoms with van der Waals surface area (Å²) in [7, 11) is 0. The van der Waals surface area contributed by atoms with Gasteiger partial charge in [-0.3, -0.25) is 0 Å². The molecule has 0 aromatic carbocycles. The molecule has 0 aromatic rings. The van der Waals surface area contributed by atoms with E-state index in [1.54, 1.807) is 0 Å². The lowest BCUT2D eigenvalue weighted by Crippen LogP contribution is -2.31. The van der Waals surface area contributed by atoms with Crippen LogP contribution < -0.4 is 0 Å². The summed E-state index contributed by atoms with van der Waals surface area (Å²) in [5, 5.41) is 8.57. The number of hydrogen-bond donors (Lipinski definition) is 1. The SMILES string of the molecule is CC[C@@H]1CC[C@@H](C(=O)O)OC1. The average Bonchev–Trinajstić information content (AvgIpc) is 2.05. The largest absolute Gasteiger partial charge is 0.479 e. The molecule has 2 atom stereocenters. The van der Waals surface area contributed by atoms with Crippen molar-refractivity contribution in [3.63, 3.8) is 0 Å². The number of carbonyl (C=O) groups is 1. The highest BCUT2D eigenvalue weighted by atomic mass is 16.5. The summed E-state index contributed by atoms with van der Waals surface area (Å²) in [4.78, 5) is 10.4. The van der Waals surface area contributed by atoms with Crippen LogP contribution in [0, 0.1) is 5.92 Å². The first-order chi connectivity index (χ1) is 5.24. The van der Waals surface area contributed by atoms with Crippen molar-refractivity contribution in [3.05, 3.63) is 0 Å². The van der Waals surface area contributed by atoms with Gasteiger partial charge in [0.05, 0.1) is 6.61 Å². The van der Waals surface area contributed by atoms with Crippen molar-refractivity contribution >= 4 is 5.97 Å². The third-order valence-electron chi connectivity index (χ3n) is 2.22. The van der Waals surface area contributed by atoms with Gasteiger partial charge in [0, 0.05) is 0 Å². The molecule has 0 aromatic heterocycles. The summed E-state index contributed by atoms with van der Waals surface area (Å²) in [6.45, 7) is 2.72. The van der Waals surface area contributed by atoms with Crippen LogP contribution in [0.15, 0.2) is 0 Å². The molecule has 0 spiro atoms. The van der Waals surface area contributed by atoms with Crippen LogP contribution in [0.1, 0.15) is 26.2 Å². The van der Waals surface area contributed by atoms with Gasteiger partial charge in [0.2, 0.25) is 0 Å². The van der Waals surface area contributed by atoms with Gasteiger partial charge in [-0.2, -0.15) is 0 Å². The molecule has 3 nitrogen and oxygen atoms in total. The minimum atomic E-state index is -0.820. The summed E-state index contributed by atoms with van der Waals surface area (Å²) >= 11 is 0. The van der Waals surface area contributed by atoms with Crippen LogP contribution in [-0.4, -0.2) is 23.8 Å². The maximum Gasteiger partial charge on any atom is 0.332 e. The maximum absolute atomic E-state index is 10.4. The second-order valence-corrected chi connectivity index (χ2v) is 3.01. The molecule has 1 fully saturated rings. The summed E-state index contributed by atoms with van der Waals surface area (Å²) in [5.41, 5.74) is 0. The molecule has 1 aliphatic heterocycles. The van der Waals surface area contributed by atoms with Crippen LogP contribution >= 0.6 is 0 Å². The number of hydrogen-bond acceptors (Lipinski definition) is 2. The topological polar surface area (TPSA) is 46.5 Å². The van der Waals surface area contributed by atoms with Crippen LogP contribution in [0.5, 0.6) is 0 Å². The van der Waals surface area contributed by atoms with E-state index in [4.69, 9.17) is 9.84 Å². The predicted molar refractivity (Wildman–Crippen MR) is 40.4 cm³/mol. The molecule has 1 N–H and O–H groups in total. The fourth-order valence-electron chi connectivity index (χ4n) is 1.32. The first-order valence-electron chi connectivity index (χ1n) is 4.08. The number of rotatable bonds is 2. The van der Waals surface area contributed by atoms with Crippen molar-refractivity contribution in [2.24, 2.45) is 5.92 Å². The highest BCUT2D eigenvalue weighted by Gasteiger charge is 2.25. The van der Waals surface area contributed by atoms with E-state index in [9.17, 15) is 4.79 Å². The van der Waals surface area contributed by atoms with Crippen LogP contribution in [0.3, 0.4) is 0 Å². The number of carboxylic acids is 1. The van der Waals surface area contributed by atoms with Crippen molar-refractivity contribution < 1.29 is 14.6 Å². The average molecular weight is 158 g/mol. The van der Waals surface area contributed by atoms with E-state index in [1.165, 1.54) is 0 Å². The summed E-state index contributed by atoms with van der Waals surface area (Å²) in [6.07, 6.45) is 2.21. The molecule has 1 heterocycles. The van der Waals surface area contributed by atoms with Crippen LogP contribution in [0.2, 0.25) is 0 Å². The highest BCUT2D eigenvalue weighted by Crippen LogP contribution is 2.21. The van der Waals surface area contributed by atoms with E-state index >= 15 is 0 Å². The Morgan fingerprint density at radius 2 is 2.36 bits per heavy atom. The zero-order valence-electron chi connectivity index (χ0n) is 6.75. The van der Waals surface area contributed by atoms with Gasteiger partial charge in [0.15, 0.2) is 6.10 Å². The summed E-state index contributed by atoms with van der Waals surface area (Å²) in [6, 6.07) is 0. The molecule has 1 rings (SSSR count). The molecule has 11 heavy (non-hydrogen) atoms. The second kappa shape index (κ2) is 3.72. The van der Waals surface area contributed by atoms with Gasteiger partial charge in [0.1, 0.15) is 0 Å². The predicted octanol–water partition coefficient (Wildman–Crippen LogP) is 1.28. The molecule has 0 aliphatic carbocycles. The summed E-state index contributed by atoms with van der Waals surface area (Å²) < 4.78 is 5.14. The minimum Gasteiger partial charge on any atom is -0.479 e. The molecule has 0 saturated carbocycles. The Morgan fingerprint density at radius 1 is 1.64 bits per heavy atom. The quantitative estimate of drug-likeness (QED) is 0.658. The number of aliphatic carboxylic acids is 1. The number of carboxylic acid groups (broad SMARTS) is 1. The van der Waals surface area contributed by atoms with Crippen LogP contribution in [-0.2, 0) is 9.53 Å². The van der Waals surface area contributed by atoms with Gasteiger partial charge in [-0.1, -0.05) is 13.3 Å². The van der Waals surface area contributed by atoms with Gasteiger partial charge in [-0.25, -0.2) is 4.79 Å². The minimum absolute atomic E-state index is 0.544. The van der Waals surface area contributed by atoms with Crippen molar-refractivity contribution in [3.8, 4) is 0 Å². The molecule has 64 valence electrons. The molecule has 0 bridgehead atoms. The Bertz CT molecular complexity index is 136. The first kappa shape index (κ1) is 8.53. The molecule has 1 aliphatic rings. The monoisotopic (exact) mass is 158 g/mol. The molecular formula is C8H14O3. The third-order valence-corrected chi connectivity index (χ3v) is 2.22. The van der Waals surface area contributed by atoms with Gasteiger partial charge < -0.3 is 9.84 Å². The lowest BCUT2D eigenvalue weighted by atomic mass is 9.96. The van der Waals surface area contributed by atoms with Crippen molar-refractivity contribution in [1.82, 2.24) is 0 Å². The third kappa shape index (κ3) is 2.19. The molecule has 0 radical (unpaired) electrons. The Labute approximate surface area is 66.4 Å². The number of ether oxygens (including phenoxy) is 1. The lowest BCUT2D eigenvalue weighted by Gasteiger charge is -2.25. The Morgan fingerprint density at radius 3 is 2.73 bits per heavy atom. The van der Waals surface area contributed by atoms with E-state index in [2.05, 4.69) is 6.92 Å². The zero-order valence-corrected chi connectivity index (χ0v) is 6.75. The zero-order chi connectivity index (χ0) is 8.27. The molecular weight excluding hydrogens is 144 g/mol. The Kier molecular flexibility index (Phi) is 2.88. The fraction of sp³-hybridized carbons (Fsp3) is 0.875. The van der Waals surface area contributed by atoms with Gasteiger partial charge in [-0.05, 0) is 18.8 Å². The maximum atomic E-state index is 10.4. The second-order valence-electron chi connectivity index (χ2n) is 3.01. The molecule has 0 amide bonds. The standard InChI is InChI=1S/C8H14O3/c1-2-6-3-4-7(8(9)10)11-5-6/h6-7H,2-5H2,1H3,(H,9,10)/t6-,7+/m1/s1. The Balaban J connectivity index is 2.30. The van der Waals surface area contributed by atoms with Crippen LogP contribution in [0.4, 0.5) is 0 Å². The van der Waals surface area contributed by atoms with E-state index < -0.39 is 12.1 Å². The summed E-state index contributed by atoms with van der Waals surface area (Å²) in [5.74, 6) is -0.245. The fourth-order valence-corrected chi connectivity index (χ4v) is 1.32. The normalized spacial score (nSPS) is 31.7. The van der Waals surface area contributed by atoms with Crippen molar-refractivity contribution in [2.45, 2.75) is 32.3 Å². The molecule has 3 heteroatoms. The van der Waals surface area contributed by atoms with Crippen molar-refractivity contribution in [2.75, 3.05) is 6.61 Å². The van der Waals surface area contributed by atoms with E-state index in [0.717, 1.165) is 12.8 Å². The Hall–Kier alpha value is -0.570. The van der Waals surface area contributed by atoms with Crippen molar-refractivity contribution in [1.29, 1.82) is 0 Å². The molecule has 0 unspecified atom stereocenters. The van der Waals surface area contributed by atoms with Gasteiger partial charge in [0.25, 0.3) is 0 Å². The van der Waals surface area contributed by atoms with E-state index in [-0.39, 0.29) is 0 Å². The van der Waals surface area contributed by atoms with Crippen LogP contribution in [0.25, 0.3) is 0 Å². The smallest absolute Gasteiger partial charge is 0.332 e. The first-order valence-corrected chi connectivity index (χ1v) is 4.08. The van der Waals surface area contributed by atoms with Gasteiger partial charge in [-0.15, -0.1) is 0 Å². The van der Waals surface area contributed by atoms with Gasteiger partial charge >= 0.3 is 5.97 Å². The van der Waals surface area contributed by atoms with E-state index in [0.29, 0.717) is 18.9 Å². The van der Waals surface area contributed by atoms with E-state index in [1.807, 2.05) is 0 Å². The lowest BCUT2D eigenvalue weighted by molar-refractivity contribution is -0.155. The highest BCUT2D eigenvalue weighted by molar-refractivity contribution is 5.72. The molecule has 1 saturated heterocycles.